The molecule has 0 unspecified atom stereocenters. The number of hydrogen-bond acceptors (Lipinski definition) is 2. The third-order valence-electron chi connectivity index (χ3n) is 6.81. The Morgan fingerprint density at radius 1 is 0.707 bits per heavy atom. The van der Waals surface area contributed by atoms with Crippen LogP contribution in [0.5, 0.6) is 0 Å². The Labute approximate surface area is 249 Å². The fourth-order valence-corrected chi connectivity index (χ4v) is 4.88. The summed E-state index contributed by atoms with van der Waals surface area (Å²) in [6.45, 7) is 2.08. The summed E-state index contributed by atoms with van der Waals surface area (Å²) in [7, 11) is 0. The number of imidazole rings is 3. The molecule has 0 atom stereocenters. The van der Waals surface area contributed by atoms with Gasteiger partial charge in [-0.15, -0.1) is 105 Å². The molecule has 9 rings (SSSR count). The van der Waals surface area contributed by atoms with Crippen molar-refractivity contribution in [1.29, 1.82) is 0 Å². The van der Waals surface area contributed by atoms with Gasteiger partial charge in [-0.25, -0.2) is 0 Å². The first-order chi connectivity index (χ1) is 19.7. The molecule has 0 fully saturated rings. The first kappa shape index (κ1) is 26.4. The van der Waals surface area contributed by atoms with E-state index >= 15 is 0 Å². The molecule has 7 heteroatoms. The fourth-order valence-electron chi connectivity index (χ4n) is 4.88. The molecule has 0 amide bonds. The van der Waals surface area contributed by atoms with Crippen molar-refractivity contribution in [3.05, 3.63) is 146 Å². The predicted octanol–water partition coefficient (Wildman–Crippen LogP) is 6.22. The van der Waals surface area contributed by atoms with Gasteiger partial charge in [-0.2, -0.15) is 0 Å². The molecule has 0 N–H and O–H groups in total. The van der Waals surface area contributed by atoms with Crippen LogP contribution in [-0.4, -0.2) is 18.8 Å². The average molecular weight is 708 g/mol. The summed E-state index contributed by atoms with van der Waals surface area (Å²) in [5, 5.41) is 6.80. The molecule has 0 bridgehead atoms. The van der Waals surface area contributed by atoms with Crippen LogP contribution in [0.2, 0.25) is 0 Å². The number of fused-ring (bicyclic) bond motifs is 9. The van der Waals surface area contributed by atoms with Gasteiger partial charge >= 0.3 is 0 Å². The molecule has 41 heavy (non-hydrogen) atoms. The van der Waals surface area contributed by atoms with Gasteiger partial charge in [0.2, 0.25) is 0 Å². The maximum Gasteiger partial charge on any atom is 0.0603 e. The van der Waals surface area contributed by atoms with E-state index in [2.05, 4.69) is 76.5 Å². The van der Waals surface area contributed by atoms with Crippen LogP contribution in [0.4, 0.5) is 0 Å². The molecule has 0 saturated carbocycles. The molecule has 0 aliphatic carbocycles. The number of pyridine rings is 3. The average Bonchev–Trinajstić information content (AvgIpc) is 3.78. The van der Waals surface area contributed by atoms with Crippen molar-refractivity contribution >= 4 is 49.3 Å². The van der Waals surface area contributed by atoms with Gasteiger partial charge in [-0.05, 0) is 18.6 Å². The van der Waals surface area contributed by atoms with Crippen molar-refractivity contribution in [3.8, 4) is 0 Å². The van der Waals surface area contributed by atoms with E-state index in [9.17, 15) is 0 Å². The summed E-state index contributed by atoms with van der Waals surface area (Å²) in [4.78, 5) is 12.9. The summed E-state index contributed by atoms with van der Waals surface area (Å²) in [6.07, 6.45) is 17.3. The first-order valence-electron chi connectivity index (χ1n) is 12.9. The van der Waals surface area contributed by atoms with Crippen molar-refractivity contribution in [2.24, 2.45) is 0 Å². The van der Waals surface area contributed by atoms with E-state index in [-0.39, 0.29) is 20.1 Å². The SMILES string of the molecule is Cc1c[c-]c2c(cc[n+]3cc[n-]c23)c1.[Ir].[c-]1cccc2ccn3ccnc3c12.[c-]1cccc2ccn3ccnc3c12. The number of nitrogens with zero attached hydrogens (tertiary/aromatic N) is 6. The number of aryl methyl sites for hydroxylation is 1. The molecular formula is C34H23IrN6-3. The molecule has 9 aromatic rings. The molecule has 1 radical (unpaired) electrons. The third kappa shape index (κ3) is 5.09. The maximum atomic E-state index is 4.31. The van der Waals surface area contributed by atoms with Crippen LogP contribution in [0.15, 0.2) is 123 Å². The van der Waals surface area contributed by atoms with Crippen LogP contribution in [0.25, 0.3) is 49.3 Å². The Morgan fingerprint density at radius 3 is 1.98 bits per heavy atom. The van der Waals surface area contributed by atoms with Crippen LogP contribution < -0.4 is 9.38 Å². The largest absolute Gasteiger partial charge is 0.347 e. The molecule has 0 spiro atoms. The van der Waals surface area contributed by atoms with E-state index in [1.54, 1.807) is 12.4 Å². The second-order valence-electron chi connectivity index (χ2n) is 9.43. The molecule has 6 heterocycles. The predicted molar refractivity (Wildman–Crippen MR) is 157 cm³/mol. The molecule has 0 saturated heterocycles. The number of hydrogen-bond donors (Lipinski definition) is 0. The monoisotopic (exact) mass is 708 g/mol. The summed E-state index contributed by atoms with van der Waals surface area (Å²) >= 11 is 0. The summed E-state index contributed by atoms with van der Waals surface area (Å²) in [5.41, 5.74) is 4.15. The second kappa shape index (κ2) is 11.3. The first-order valence-corrected chi connectivity index (χ1v) is 12.9. The van der Waals surface area contributed by atoms with Crippen LogP contribution in [0.1, 0.15) is 5.56 Å². The van der Waals surface area contributed by atoms with Crippen molar-refractivity contribution in [2.75, 3.05) is 0 Å². The van der Waals surface area contributed by atoms with Crippen molar-refractivity contribution in [2.45, 2.75) is 6.92 Å². The Hall–Kier alpha value is -4.84. The van der Waals surface area contributed by atoms with Crippen LogP contribution in [-0.2, 0) is 20.1 Å². The van der Waals surface area contributed by atoms with Crippen molar-refractivity contribution in [1.82, 2.24) is 23.8 Å². The standard InChI is InChI=1S/C12H9N2.2C11H7N2.Ir/c1-9-2-3-11-10(8-9)4-6-14-7-5-13-12(11)14;2*1-2-4-10-9(3-1)5-7-13-8-6-12-11(10)13;/h2,4-8H,1H3;2*1-3,5-8H;/q3*-1;. The van der Waals surface area contributed by atoms with Crippen LogP contribution >= 0.6 is 0 Å². The molecule has 0 aliphatic heterocycles. The van der Waals surface area contributed by atoms with Gasteiger partial charge < -0.3 is 13.2 Å². The molecule has 0 aliphatic rings. The van der Waals surface area contributed by atoms with Gasteiger partial charge in [0.1, 0.15) is 0 Å². The van der Waals surface area contributed by atoms with E-state index in [1.165, 1.54) is 21.7 Å². The van der Waals surface area contributed by atoms with Gasteiger partial charge in [0.05, 0.1) is 16.9 Å². The number of rotatable bonds is 0. The van der Waals surface area contributed by atoms with Crippen LogP contribution in [0, 0.1) is 25.1 Å². The summed E-state index contributed by atoms with van der Waals surface area (Å²) in [5.74, 6) is 0. The minimum absolute atomic E-state index is 0. The van der Waals surface area contributed by atoms with E-state index in [0.717, 1.165) is 33.1 Å². The van der Waals surface area contributed by atoms with E-state index in [4.69, 9.17) is 0 Å². The Balaban J connectivity index is 0.000000109. The zero-order chi connectivity index (χ0) is 26.9. The zero-order valence-corrected chi connectivity index (χ0v) is 24.5. The molecule has 6 nitrogen and oxygen atoms in total. The van der Waals surface area contributed by atoms with Gasteiger partial charge in [-0.3, -0.25) is 15.0 Å². The minimum Gasteiger partial charge on any atom is -0.347 e. The topological polar surface area (TPSA) is 52.8 Å². The zero-order valence-electron chi connectivity index (χ0n) is 22.1. The van der Waals surface area contributed by atoms with E-state index in [0.29, 0.717) is 0 Å². The molecule has 201 valence electrons. The Kier molecular flexibility index (Phi) is 7.30. The quantitative estimate of drug-likeness (QED) is 0.139. The second-order valence-corrected chi connectivity index (χ2v) is 9.43. The van der Waals surface area contributed by atoms with Crippen LogP contribution in [0.3, 0.4) is 0 Å². The summed E-state index contributed by atoms with van der Waals surface area (Å²) in [6, 6.07) is 32.0. The number of aromatic nitrogens is 6. The van der Waals surface area contributed by atoms with Gasteiger partial charge in [0.15, 0.2) is 0 Å². The molecule has 6 aromatic heterocycles. The minimum atomic E-state index is 0. The Bertz CT molecular complexity index is 2150. The summed E-state index contributed by atoms with van der Waals surface area (Å²) < 4.78 is 6.01. The normalized spacial score (nSPS) is 10.9. The van der Waals surface area contributed by atoms with Crippen molar-refractivity contribution in [3.63, 3.8) is 0 Å². The third-order valence-corrected chi connectivity index (χ3v) is 6.81. The van der Waals surface area contributed by atoms with Gasteiger partial charge in [0.25, 0.3) is 0 Å². The van der Waals surface area contributed by atoms with E-state index in [1.807, 2.05) is 86.9 Å². The fraction of sp³-hybridized carbons (Fsp3) is 0.0294. The maximum absolute atomic E-state index is 4.31. The molecular weight excluding hydrogens is 685 g/mol. The smallest absolute Gasteiger partial charge is 0.0603 e. The molecule has 3 aromatic carbocycles. The van der Waals surface area contributed by atoms with Gasteiger partial charge in [0, 0.05) is 57.3 Å². The van der Waals surface area contributed by atoms with E-state index < -0.39 is 0 Å². The van der Waals surface area contributed by atoms with Gasteiger partial charge in [-0.1, -0.05) is 25.1 Å². The van der Waals surface area contributed by atoms with Crippen molar-refractivity contribution < 1.29 is 24.5 Å². The Morgan fingerprint density at radius 2 is 1.34 bits per heavy atom. The number of benzene rings is 3.